The summed E-state index contributed by atoms with van der Waals surface area (Å²) in [5, 5.41) is -0.393. The van der Waals surface area contributed by atoms with Gasteiger partial charge in [-0.15, -0.1) is 0 Å². The van der Waals surface area contributed by atoms with Gasteiger partial charge in [0.05, 0.1) is 0 Å². The average molecular weight is 286 g/mol. The zero-order valence-electron chi connectivity index (χ0n) is 10.4. The second-order valence-corrected chi connectivity index (χ2v) is 7.88. The van der Waals surface area contributed by atoms with E-state index in [4.69, 9.17) is 5.73 Å². The molecule has 0 saturated carbocycles. The maximum absolute atomic E-state index is 11.8. The number of nitrogens with two attached hydrogens (primary N) is 1. The van der Waals surface area contributed by atoms with E-state index in [0.717, 1.165) is 23.5 Å². The van der Waals surface area contributed by atoms with Crippen LogP contribution in [-0.2, 0) is 16.4 Å². The highest BCUT2D eigenvalue weighted by molar-refractivity contribution is 8.00. The molecule has 18 heavy (non-hydrogen) atoms. The summed E-state index contributed by atoms with van der Waals surface area (Å²) in [6.45, 7) is 1.39. The fourth-order valence-electron chi connectivity index (χ4n) is 2.09. The largest absolute Gasteiger partial charge is 0.398 e. The van der Waals surface area contributed by atoms with Gasteiger partial charge in [-0.1, -0.05) is 18.2 Å². The molecule has 1 heterocycles. The number of thioether (sulfide) groups is 1. The molecule has 0 radical (unpaired) electrons. The predicted octanol–water partition coefficient (Wildman–Crippen LogP) is 1.19. The molecule has 0 spiro atoms. The molecule has 0 amide bonds. The lowest BCUT2D eigenvalue weighted by Gasteiger charge is -2.34. The van der Waals surface area contributed by atoms with Crippen molar-refractivity contribution in [3.8, 4) is 0 Å². The smallest absolute Gasteiger partial charge is 0.164 e. The van der Waals surface area contributed by atoms with Gasteiger partial charge in [0.25, 0.3) is 0 Å². The van der Waals surface area contributed by atoms with Gasteiger partial charge in [0, 0.05) is 36.5 Å². The Balaban J connectivity index is 2.18. The van der Waals surface area contributed by atoms with Gasteiger partial charge in [0.1, 0.15) is 5.37 Å². The highest BCUT2D eigenvalue weighted by Gasteiger charge is 2.30. The van der Waals surface area contributed by atoms with Crippen LogP contribution in [0.3, 0.4) is 0 Å². The van der Waals surface area contributed by atoms with Crippen molar-refractivity contribution in [2.24, 2.45) is 0 Å². The van der Waals surface area contributed by atoms with Gasteiger partial charge < -0.3 is 5.73 Å². The van der Waals surface area contributed by atoms with Crippen LogP contribution in [0.15, 0.2) is 24.3 Å². The third-order valence-electron chi connectivity index (χ3n) is 3.11. The molecule has 2 rings (SSSR count). The van der Waals surface area contributed by atoms with Gasteiger partial charge in [-0.3, -0.25) is 4.90 Å². The van der Waals surface area contributed by atoms with E-state index in [2.05, 4.69) is 0 Å². The zero-order chi connectivity index (χ0) is 13.2. The molecular formula is C12H18N2O2S2. The van der Waals surface area contributed by atoms with E-state index >= 15 is 0 Å². The molecule has 0 aliphatic carbocycles. The van der Waals surface area contributed by atoms with E-state index < -0.39 is 15.2 Å². The molecule has 2 N–H and O–H groups in total. The minimum atomic E-state index is -3.04. The Hall–Kier alpha value is -0.720. The van der Waals surface area contributed by atoms with Crippen molar-refractivity contribution in [3.63, 3.8) is 0 Å². The normalized spacial score (nSPS) is 21.9. The highest BCUT2D eigenvalue weighted by atomic mass is 32.2. The lowest BCUT2D eigenvalue weighted by Crippen LogP contribution is -2.46. The van der Waals surface area contributed by atoms with Gasteiger partial charge in [0.2, 0.25) is 0 Å². The fraction of sp³-hybridized carbons (Fsp3) is 0.500. The van der Waals surface area contributed by atoms with Gasteiger partial charge >= 0.3 is 0 Å². The monoisotopic (exact) mass is 286 g/mol. The van der Waals surface area contributed by atoms with Crippen LogP contribution in [0, 0.1) is 0 Å². The molecule has 1 aliphatic rings. The third kappa shape index (κ3) is 3.18. The van der Waals surface area contributed by atoms with E-state index in [-0.39, 0.29) is 0 Å². The molecule has 1 aromatic rings. The van der Waals surface area contributed by atoms with Crippen molar-refractivity contribution in [3.05, 3.63) is 29.8 Å². The topological polar surface area (TPSA) is 63.4 Å². The highest BCUT2D eigenvalue weighted by Crippen LogP contribution is 2.23. The van der Waals surface area contributed by atoms with E-state index in [1.807, 2.05) is 29.2 Å². The van der Waals surface area contributed by atoms with Crippen LogP contribution in [0.4, 0.5) is 5.69 Å². The third-order valence-corrected chi connectivity index (χ3v) is 5.80. The fourth-order valence-corrected chi connectivity index (χ4v) is 5.03. The zero-order valence-corrected chi connectivity index (χ0v) is 12.0. The number of nitrogen functional groups attached to an aromatic ring is 1. The van der Waals surface area contributed by atoms with E-state index in [0.29, 0.717) is 12.3 Å². The van der Waals surface area contributed by atoms with Gasteiger partial charge in [-0.2, -0.15) is 11.8 Å². The molecule has 1 unspecified atom stereocenters. The molecule has 0 bridgehead atoms. The lowest BCUT2D eigenvalue weighted by molar-refractivity contribution is 0.263. The quantitative estimate of drug-likeness (QED) is 0.846. The Labute approximate surface area is 112 Å². The molecular weight excluding hydrogens is 268 g/mol. The lowest BCUT2D eigenvalue weighted by atomic mass is 10.1. The SMILES string of the molecule is CS(=O)(=O)C1CSCCN1Cc1ccccc1N. The maximum Gasteiger partial charge on any atom is 0.164 e. The molecule has 1 atom stereocenters. The molecule has 0 aromatic heterocycles. The number of sulfone groups is 1. The standard InChI is InChI=1S/C12H18N2O2S2/c1-18(15,16)12-9-17-7-6-14(12)8-10-4-2-3-5-11(10)13/h2-5,12H,6-9,13H2,1H3. The van der Waals surface area contributed by atoms with Crippen LogP contribution < -0.4 is 5.73 Å². The van der Waals surface area contributed by atoms with Crippen molar-refractivity contribution >= 4 is 27.3 Å². The van der Waals surface area contributed by atoms with Crippen LogP contribution in [0.1, 0.15) is 5.56 Å². The summed E-state index contributed by atoms with van der Waals surface area (Å²) >= 11 is 1.70. The Morgan fingerprint density at radius 2 is 2.17 bits per heavy atom. The number of hydrogen-bond acceptors (Lipinski definition) is 5. The van der Waals surface area contributed by atoms with Crippen molar-refractivity contribution in [1.29, 1.82) is 0 Å². The molecule has 1 fully saturated rings. The van der Waals surface area contributed by atoms with Crippen LogP contribution in [0.2, 0.25) is 0 Å². The number of rotatable bonds is 3. The summed E-state index contributed by atoms with van der Waals surface area (Å²) in [5.74, 6) is 1.62. The maximum atomic E-state index is 11.8. The number of para-hydroxylation sites is 1. The average Bonchev–Trinajstić information content (AvgIpc) is 2.31. The van der Waals surface area contributed by atoms with Gasteiger partial charge in [-0.05, 0) is 11.6 Å². The first-order chi connectivity index (χ1) is 8.48. The summed E-state index contributed by atoms with van der Waals surface area (Å²) in [6.07, 6.45) is 1.31. The molecule has 100 valence electrons. The predicted molar refractivity (Wildman–Crippen MR) is 77.2 cm³/mol. The number of nitrogens with zero attached hydrogens (tertiary/aromatic N) is 1. The van der Waals surface area contributed by atoms with Gasteiger partial charge in [-0.25, -0.2) is 8.42 Å². The van der Waals surface area contributed by atoms with E-state index in [1.165, 1.54) is 6.26 Å². The summed E-state index contributed by atoms with van der Waals surface area (Å²) in [6, 6.07) is 7.62. The Bertz CT molecular complexity index is 517. The van der Waals surface area contributed by atoms with Crippen LogP contribution in [-0.4, -0.2) is 43.0 Å². The number of hydrogen-bond donors (Lipinski definition) is 1. The molecule has 6 heteroatoms. The van der Waals surface area contributed by atoms with E-state index in [1.54, 1.807) is 11.8 Å². The summed E-state index contributed by atoms with van der Waals surface area (Å²) in [5.41, 5.74) is 7.63. The van der Waals surface area contributed by atoms with Crippen LogP contribution in [0.5, 0.6) is 0 Å². The Morgan fingerprint density at radius 3 is 2.83 bits per heavy atom. The minimum absolute atomic E-state index is 0.393. The minimum Gasteiger partial charge on any atom is -0.398 e. The Kier molecular flexibility index (Phi) is 4.19. The number of anilines is 1. The molecule has 1 aromatic carbocycles. The molecule has 1 aliphatic heterocycles. The molecule has 4 nitrogen and oxygen atoms in total. The van der Waals surface area contributed by atoms with Crippen molar-refractivity contribution in [1.82, 2.24) is 4.90 Å². The van der Waals surface area contributed by atoms with Crippen molar-refractivity contribution in [2.45, 2.75) is 11.9 Å². The van der Waals surface area contributed by atoms with E-state index in [9.17, 15) is 8.42 Å². The summed E-state index contributed by atoms with van der Waals surface area (Å²) < 4.78 is 23.6. The summed E-state index contributed by atoms with van der Waals surface area (Å²) in [7, 11) is -3.04. The first-order valence-electron chi connectivity index (χ1n) is 5.82. The van der Waals surface area contributed by atoms with Crippen molar-refractivity contribution < 1.29 is 8.42 Å². The number of benzene rings is 1. The van der Waals surface area contributed by atoms with Gasteiger partial charge in [0.15, 0.2) is 9.84 Å². The van der Waals surface area contributed by atoms with Crippen molar-refractivity contribution in [2.75, 3.05) is 30.0 Å². The first kappa shape index (κ1) is 13.7. The van der Waals surface area contributed by atoms with Crippen LogP contribution in [0.25, 0.3) is 0 Å². The van der Waals surface area contributed by atoms with Crippen LogP contribution >= 0.6 is 11.8 Å². The first-order valence-corrected chi connectivity index (χ1v) is 8.93. The molecule has 1 saturated heterocycles. The second kappa shape index (κ2) is 5.50. The summed E-state index contributed by atoms with van der Waals surface area (Å²) in [4.78, 5) is 2.01. The Morgan fingerprint density at radius 1 is 1.44 bits per heavy atom. The second-order valence-electron chi connectivity index (χ2n) is 4.53.